The van der Waals surface area contributed by atoms with Gasteiger partial charge in [0.15, 0.2) is 5.69 Å². The van der Waals surface area contributed by atoms with Gasteiger partial charge in [-0.05, 0) is 19.4 Å². The summed E-state index contributed by atoms with van der Waals surface area (Å²) >= 11 is 6.07. The maximum absolute atomic E-state index is 12.6. The molecule has 1 aliphatic rings. The van der Waals surface area contributed by atoms with Gasteiger partial charge in [-0.2, -0.15) is 5.10 Å². The first-order valence-electron chi connectivity index (χ1n) is 7.89. The van der Waals surface area contributed by atoms with Crippen molar-refractivity contribution in [2.75, 3.05) is 26.2 Å². The lowest BCUT2D eigenvalue weighted by atomic mass is 10.2. The van der Waals surface area contributed by atoms with E-state index in [0.717, 1.165) is 12.1 Å². The first kappa shape index (κ1) is 16.6. The van der Waals surface area contributed by atoms with E-state index in [-0.39, 0.29) is 17.5 Å². The van der Waals surface area contributed by atoms with E-state index >= 15 is 0 Å². The Bertz CT molecular complexity index is 766. The Hall–Kier alpha value is -2.28. The number of aromatic amines is 1. The van der Waals surface area contributed by atoms with Crippen molar-refractivity contribution in [2.45, 2.75) is 13.3 Å². The minimum absolute atomic E-state index is 0.00100. The highest BCUT2D eigenvalue weighted by Crippen LogP contribution is 2.17. The molecule has 24 heavy (non-hydrogen) atoms. The number of nitrogens with zero attached hydrogens (tertiary/aromatic N) is 4. The molecule has 8 heteroatoms. The van der Waals surface area contributed by atoms with Crippen molar-refractivity contribution >= 4 is 23.4 Å². The van der Waals surface area contributed by atoms with Crippen molar-refractivity contribution in [3.05, 3.63) is 40.4 Å². The Labute approximate surface area is 145 Å². The van der Waals surface area contributed by atoms with Gasteiger partial charge in [-0.3, -0.25) is 14.3 Å². The topological polar surface area (TPSA) is 74.2 Å². The average molecular weight is 350 g/mol. The fraction of sp³-hybridized carbons (Fsp3) is 0.438. The van der Waals surface area contributed by atoms with Crippen LogP contribution in [0.1, 0.15) is 33.0 Å². The van der Waals surface area contributed by atoms with Crippen LogP contribution in [0.3, 0.4) is 0 Å². The lowest BCUT2D eigenvalue weighted by Crippen LogP contribution is -2.37. The summed E-state index contributed by atoms with van der Waals surface area (Å²) in [4.78, 5) is 31.7. The number of carbonyl (C=O) groups excluding carboxylic acids is 2. The Balaban J connectivity index is 1.69. The highest BCUT2D eigenvalue weighted by molar-refractivity contribution is 6.33. The van der Waals surface area contributed by atoms with Crippen LogP contribution in [0.2, 0.25) is 5.02 Å². The van der Waals surface area contributed by atoms with Crippen LogP contribution in [0, 0.1) is 6.92 Å². The maximum Gasteiger partial charge on any atom is 0.275 e. The third-order valence-electron chi connectivity index (χ3n) is 4.24. The van der Waals surface area contributed by atoms with E-state index in [1.54, 1.807) is 35.3 Å². The zero-order valence-electron chi connectivity index (χ0n) is 13.8. The SMILES string of the molecule is Cc1[nH]ccc1C(=O)N1CCCN(C(=O)c2nn(C)cc2Cl)CC1. The predicted octanol–water partition coefficient (Wildman–Crippen LogP) is 1.70. The number of amides is 2. The molecule has 3 heterocycles. The zero-order chi connectivity index (χ0) is 17.3. The van der Waals surface area contributed by atoms with Crippen LogP contribution < -0.4 is 0 Å². The van der Waals surface area contributed by atoms with Crippen LogP contribution >= 0.6 is 11.6 Å². The summed E-state index contributed by atoms with van der Waals surface area (Å²) in [5, 5.41) is 4.48. The fourth-order valence-electron chi connectivity index (χ4n) is 2.93. The van der Waals surface area contributed by atoms with Crippen molar-refractivity contribution in [2.24, 2.45) is 7.05 Å². The van der Waals surface area contributed by atoms with Gasteiger partial charge in [0.25, 0.3) is 11.8 Å². The second-order valence-electron chi connectivity index (χ2n) is 5.95. The summed E-state index contributed by atoms with van der Waals surface area (Å²) in [5.74, 6) is -0.188. The van der Waals surface area contributed by atoms with Crippen LogP contribution in [0.25, 0.3) is 0 Å². The molecule has 0 radical (unpaired) electrons. The maximum atomic E-state index is 12.6. The number of halogens is 1. The Kier molecular flexibility index (Phi) is 4.62. The van der Waals surface area contributed by atoms with E-state index in [1.165, 1.54) is 4.68 Å². The van der Waals surface area contributed by atoms with E-state index in [9.17, 15) is 9.59 Å². The molecule has 3 rings (SSSR count). The van der Waals surface area contributed by atoms with Crippen LogP contribution in [0.4, 0.5) is 0 Å². The molecule has 0 aromatic carbocycles. The van der Waals surface area contributed by atoms with Gasteiger partial charge >= 0.3 is 0 Å². The average Bonchev–Trinajstić information content (AvgIpc) is 3.02. The summed E-state index contributed by atoms with van der Waals surface area (Å²) in [6, 6.07) is 1.79. The normalized spacial score (nSPS) is 15.5. The molecule has 2 amide bonds. The second-order valence-corrected chi connectivity index (χ2v) is 6.36. The van der Waals surface area contributed by atoms with E-state index in [2.05, 4.69) is 10.1 Å². The molecule has 0 aliphatic carbocycles. The molecular formula is C16H20ClN5O2. The van der Waals surface area contributed by atoms with E-state index in [1.807, 2.05) is 6.92 Å². The predicted molar refractivity (Wildman–Crippen MR) is 90.2 cm³/mol. The summed E-state index contributed by atoms with van der Waals surface area (Å²) in [5.41, 5.74) is 1.81. The molecular weight excluding hydrogens is 330 g/mol. The van der Waals surface area contributed by atoms with E-state index < -0.39 is 0 Å². The summed E-state index contributed by atoms with van der Waals surface area (Å²) < 4.78 is 1.53. The number of hydrogen-bond donors (Lipinski definition) is 1. The van der Waals surface area contributed by atoms with Crippen LogP contribution in [0.15, 0.2) is 18.5 Å². The van der Waals surface area contributed by atoms with E-state index in [0.29, 0.717) is 36.8 Å². The first-order valence-corrected chi connectivity index (χ1v) is 8.27. The minimum atomic E-state index is -0.187. The van der Waals surface area contributed by atoms with Gasteiger partial charge in [0.2, 0.25) is 0 Å². The molecule has 1 fully saturated rings. The summed E-state index contributed by atoms with van der Waals surface area (Å²) in [7, 11) is 1.73. The molecule has 128 valence electrons. The van der Waals surface area contributed by atoms with E-state index in [4.69, 9.17) is 11.6 Å². The fourth-order valence-corrected chi connectivity index (χ4v) is 3.19. The Morgan fingerprint density at radius 2 is 1.83 bits per heavy atom. The third-order valence-corrected chi connectivity index (χ3v) is 4.52. The number of nitrogens with one attached hydrogen (secondary N) is 1. The molecule has 1 saturated heterocycles. The van der Waals surface area contributed by atoms with Crippen molar-refractivity contribution < 1.29 is 9.59 Å². The smallest absolute Gasteiger partial charge is 0.275 e. The van der Waals surface area contributed by atoms with Gasteiger partial charge in [0.1, 0.15) is 0 Å². The third kappa shape index (κ3) is 3.17. The monoisotopic (exact) mass is 349 g/mol. The number of rotatable bonds is 2. The van der Waals surface area contributed by atoms with Crippen molar-refractivity contribution in [1.29, 1.82) is 0 Å². The first-order chi connectivity index (χ1) is 11.5. The van der Waals surface area contributed by atoms with Gasteiger partial charge in [0, 0.05) is 51.3 Å². The molecule has 2 aromatic heterocycles. The molecule has 1 N–H and O–H groups in total. The molecule has 0 unspecified atom stereocenters. The van der Waals surface area contributed by atoms with Crippen LogP contribution in [-0.2, 0) is 7.05 Å². The standard InChI is InChI=1S/C16H20ClN5O2/c1-11-12(4-5-18-11)15(23)21-6-3-7-22(9-8-21)16(24)14-13(17)10-20(2)19-14/h4-5,10,18H,3,6-9H2,1-2H3. The molecule has 0 bridgehead atoms. The van der Waals surface area contributed by atoms with Crippen LogP contribution in [-0.4, -0.2) is 62.6 Å². The van der Waals surface area contributed by atoms with Gasteiger partial charge < -0.3 is 14.8 Å². The number of hydrogen-bond acceptors (Lipinski definition) is 3. The van der Waals surface area contributed by atoms with Gasteiger partial charge in [-0.15, -0.1) is 0 Å². The second kappa shape index (κ2) is 6.68. The van der Waals surface area contributed by atoms with Crippen molar-refractivity contribution in [3.8, 4) is 0 Å². The molecule has 1 aliphatic heterocycles. The number of H-pyrrole nitrogens is 1. The van der Waals surface area contributed by atoms with Gasteiger partial charge in [-0.1, -0.05) is 11.6 Å². The number of carbonyl (C=O) groups is 2. The molecule has 2 aromatic rings. The summed E-state index contributed by atoms with van der Waals surface area (Å²) in [6.07, 6.45) is 4.10. The Morgan fingerprint density at radius 1 is 1.17 bits per heavy atom. The molecule has 7 nitrogen and oxygen atoms in total. The van der Waals surface area contributed by atoms with Gasteiger partial charge in [0.05, 0.1) is 10.6 Å². The Morgan fingerprint density at radius 3 is 2.38 bits per heavy atom. The molecule has 0 atom stereocenters. The largest absolute Gasteiger partial charge is 0.365 e. The molecule has 0 spiro atoms. The van der Waals surface area contributed by atoms with Gasteiger partial charge in [-0.25, -0.2) is 0 Å². The lowest BCUT2D eigenvalue weighted by molar-refractivity contribution is 0.0715. The van der Waals surface area contributed by atoms with Crippen LogP contribution in [0.5, 0.6) is 0 Å². The highest BCUT2D eigenvalue weighted by Gasteiger charge is 2.26. The molecule has 0 saturated carbocycles. The lowest BCUT2D eigenvalue weighted by Gasteiger charge is -2.21. The number of aryl methyl sites for hydroxylation is 2. The number of aromatic nitrogens is 3. The quantitative estimate of drug-likeness (QED) is 0.896. The minimum Gasteiger partial charge on any atom is -0.365 e. The summed E-state index contributed by atoms with van der Waals surface area (Å²) in [6.45, 7) is 4.06. The zero-order valence-corrected chi connectivity index (χ0v) is 14.5. The highest BCUT2D eigenvalue weighted by atomic mass is 35.5. The van der Waals surface area contributed by atoms with Crippen molar-refractivity contribution in [3.63, 3.8) is 0 Å². The van der Waals surface area contributed by atoms with Crippen molar-refractivity contribution in [1.82, 2.24) is 24.6 Å².